The molecule has 2 heterocycles. The van der Waals surface area contributed by atoms with Gasteiger partial charge in [0.1, 0.15) is 12.4 Å². The van der Waals surface area contributed by atoms with Crippen LogP contribution in [0.3, 0.4) is 0 Å². The van der Waals surface area contributed by atoms with Crippen LogP contribution in [-0.4, -0.2) is 51.8 Å². The lowest BCUT2D eigenvalue weighted by molar-refractivity contribution is -0.125. The molecule has 0 spiro atoms. The van der Waals surface area contributed by atoms with E-state index in [2.05, 4.69) is 15.3 Å². The van der Waals surface area contributed by atoms with Crippen molar-refractivity contribution < 1.29 is 9.59 Å². The molecule has 1 aliphatic heterocycles. The minimum absolute atomic E-state index is 0.113. The van der Waals surface area contributed by atoms with Crippen molar-refractivity contribution in [3.63, 3.8) is 0 Å². The summed E-state index contributed by atoms with van der Waals surface area (Å²) >= 11 is 0. The first-order chi connectivity index (χ1) is 9.01. The first kappa shape index (κ1) is 13.3. The predicted molar refractivity (Wildman–Crippen MR) is 69.5 cm³/mol. The Morgan fingerprint density at radius 1 is 1.37 bits per heavy atom. The van der Waals surface area contributed by atoms with Crippen LogP contribution in [0.5, 0.6) is 0 Å². The molecule has 7 nitrogen and oxygen atoms in total. The van der Waals surface area contributed by atoms with Crippen molar-refractivity contribution in [2.45, 2.75) is 20.4 Å². The largest absolute Gasteiger partial charge is 0.370 e. The Kier molecular flexibility index (Phi) is 3.64. The van der Waals surface area contributed by atoms with Gasteiger partial charge in [-0.1, -0.05) is 0 Å². The van der Waals surface area contributed by atoms with E-state index in [1.54, 1.807) is 7.05 Å². The van der Waals surface area contributed by atoms with Crippen molar-refractivity contribution in [3.05, 3.63) is 17.6 Å². The first-order valence-corrected chi connectivity index (χ1v) is 6.15. The third kappa shape index (κ3) is 2.81. The molecule has 1 saturated heterocycles. The second-order valence-corrected chi connectivity index (χ2v) is 4.46. The number of urea groups is 1. The fourth-order valence-electron chi connectivity index (χ4n) is 1.94. The molecule has 0 bridgehead atoms. The summed E-state index contributed by atoms with van der Waals surface area (Å²) in [5.41, 5.74) is 0.799. The molecule has 7 heteroatoms. The minimum atomic E-state index is -0.305. The van der Waals surface area contributed by atoms with Gasteiger partial charge in [-0.25, -0.2) is 14.8 Å². The molecule has 0 radical (unpaired) electrons. The lowest BCUT2D eigenvalue weighted by atomic mass is 10.4. The number of hydrogen-bond donors (Lipinski definition) is 1. The molecule has 0 atom stereocenters. The van der Waals surface area contributed by atoms with Crippen LogP contribution in [0.15, 0.2) is 6.07 Å². The van der Waals surface area contributed by atoms with E-state index in [9.17, 15) is 9.59 Å². The van der Waals surface area contributed by atoms with Gasteiger partial charge in [0.05, 0.1) is 6.54 Å². The van der Waals surface area contributed by atoms with Crippen molar-refractivity contribution in [1.82, 2.24) is 19.8 Å². The summed E-state index contributed by atoms with van der Waals surface area (Å²) in [5.74, 6) is 0.952. The summed E-state index contributed by atoms with van der Waals surface area (Å²) in [6.45, 7) is 4.80. The summed E-state index contributed by atoms with van der Waals surface area (Å²) in [4.78, 5) is 34.6. The normalized spacial score (nSPS) is 15.3. The average molecular weight is 263 g/mol. The Morgan fingerprint density at radius 2 is 2.11 bits per heavy atom. The number of aromatic nitrogens is 2. The Labute approximate surface area is 111 Å². The van der Waals surface area contributed by atoms with Crippen LogP contribution in [0.4, 0.5) is 10.6 Å². The Hall–Kier alpha value is -2.18. The molecule has 1 N–H and O–H groups in total. The molecule has 3 amide bonds. The Balaban J connectivity index is 2.19. The maximum Gasteiger partial charge on any atom is 0.327 e. The number of aryl methyl sites for hydroxylation is 1. The number of nitrogens with one attached hydrogen (secondary N) is 1. The van der Waals surface area contributed by atoms with Crippen LogP contribution in [0.2, 0.25) is 0 Å². The van der Waals surface area contributed by atoms with E-state index in [-0.39, 0.29) is 25.0 Å². The predicted octanol–water partition coefficient (Wildman–Crippen LogP) is 0.611. The van der Waals surface area contributed by atoms with Gasteiger partial charge in [-0.2, -0.15) is 0 Å². The zero-order chi connectivity index (χ0) is 14.0. The molecule has 0 aromatic carbocycles. The van der Waals surface area contributed by atoms with E-state index in [0.717, 1.165) is 12.2 Å². The van der Waals surface area contributed by atoms with Crippen molar-refractivity contribution in [2.24, 2.45) is 0 Å². The van der Waals surface area contributed by atoms with E-state index in [1.807, 2.05) is 19.9 Å². The second kappa shape index (κ2) is 5.21. The maximum atomic E-state index is 11.8. The van der Waals surface area contributed by atoms with Gasteiger partial charge in [0.2, 0.25) is 0 Å². The molecule has 0 aliphatic carbocycles. The molecule has 1 aromatic rings. The highest BCUT2D eigenvalue weighted by atomic mass is 16.2. The summed E-state index contributed by atoms with van der Waals surface area (Å²) in [7, 11) is 1.60. The van der Waals surface area contributed by atoms with Crippen LogP contribution in [-0.2, 0) is 11.3 Å². The number of amides is 3. The quantitative estimate of drug-likeness (QED) is 0.805. The maximum absolute atomic E-state index is 11.8. The van der Waals surface area contributed by atoms with Crippen molar-refractivity contribution in [1.29, 1.82) is 0 Å². The zero-order valence-corrected chi connectivity index (χ0v) is 11.3. The zero-order valence-electron chi connectivity index (χ0n) is 11.3. The van der Waals surface area contributed by atoms with E-state index < -0.39 is 0 Å². The monoisotopic (exact) mass is 263 g/mol. The number of nitrogens with zero attached hydrogens (tertiary/aromatic N) is 4. The number of imide groups is 1. The van der Waals surface area contributed by atoms with E-state index in [4.69, 9.17) is 0 Å². The van der Waals surface area contributed by atoms with Crippen LogP contribution < -0.4 is 5.32 Å². The van der Waals surface area contributed by atoms with Gasteiger partial charge in [0, 0.05) is 25.4 Å². The average Bonchev–Trinajstić information content (AvgIpc) is 2.56. The number of hydrogen-bond acceptors (Lipinski definition) is 5. The first-order valence-electron chi connectivity index (χ1n) is 6.15. The number of carbonyl (C=O) groups is 2. The Bertz CT molecular complexity index is 517. The van der Waals surface area contributed by atoms with Gasteiger partial charge >= 0.3 is 6.03 Å². The van der Waals surface area contributed by atoms with Crippen molar-refractivity contribution in [3.8, 4) is 0 Å². The van der Waals surface area contributed by atoms with Crippen LogP contribution in [0.1, 0.15) is 18.4 Å². The number of likely N-dealkylation sites (N-methyl/N-ethyl adjacent to an activating group) is 1. The van der Waals surface area contributed by atoms with Gasteiger partial charge in [-0.05, 0) is 13.8 Å². The van der Waals surface area contributed by atoms with Crippen molar-refractivity contribution in [2.75, 3.05) is 25.5 Å². The summed E-state index contributed by atoms with van der Waals surface area (Å²) < 4.78 is 0. The van der Waals surface area contributed by atoms with Gasteiger partial charge in [-0.15, -0.1) is 0 Å². The van der Waals surface area contributed by atoms with Gasteiger partial charge < -0.3 is 10.2 Å². The van der Waals surface area contributed by atoms with E-state index >= 15 is 0 Å². The highest BCUT2D eigenvalue weighted by molar-refractivity contribution is 6.01. The highest BCUT2D eigenvalue weighted by Crippen LogP contribution is 2.13. The lowest BCUT2D eigenvalue weighted by Gasteiger charge is -2.14. The van der Waals surface area contributed by atoms with Gasteiger partial charge in [0.25, 0.3) is 5.91 Å². The molecule has 1 aliphatic rings. The highest BCUT2D eigenvalue weighted by Gasteiger charge is 2.34. The SMILES string of the molecule is CCNc1cc(C)nc(CN2C(=O)CN(C)C2=O)n1. The van der Waals surface area contributed by atoms with Gasteiger partial charge in [0.15, 0.2) is 5.82 Å². The van der Waals surface area contributed by atoms with Crippen molar-refractivity contribution >= 4 is 17.8 Å². The molecule has 102 valence electrons. The third-order valence-electron chi connectivity index (χ3n) is 2.79. The standard InChI is InChI=1S/C12H17N5O2/c1-4-13-9-5-8(2)14-10(15-9)6-17-11(18)7-16(3)12(17)19/h5H,4,6-7H2,1-3H3,(H,13,14,15). The molecule has 1 fully saturated rings. The molecular weight excluding hydrogens is 246 g/mol. The fourth-order valence-corrected chi connectivity index (χ4v) is 1.94. The van der Waals surface area contributed by atoms with Crippen LogP contribution >= 0.6 is 0 Å². The molecule has 0 unspecified atom stereocenters. The topological polar surface area (TPSA) is 78.4 Å². The smallest absolute Gasteiger partial charge is 0.327 e. The Morgan fingerprint density at radius 3 is 2.68 bits per heavy atom. The van der Waals surface area contributed by atoms with Crippen LogP contribution in [0.25, 0.3) is 0 Å². The fraction of sp³-hybridized carbons (Fsp3) is 0.500. The molecular formula is C12H17N5O2. The third-order valence-corrected chi connectivity index (χ3v) is 2.79. The van der Waals surface area contributed by atoms with Crippen LogP contribution in [0, 0.1) is 6.92 Å². The minimum Gasteiger partial charge on any atom is -0.370 e. The number of carbonyl (C=O) groups excluding carboxylic acids is 2. The van der Waals surface area contributed by atoms with E-state index in [0.29, 0.717) is 11.6 Å². The molecule has 2 rings (SSSR count). The lowest BCUT2D eigenvalue weighted by Crippen LogP contribution is -2.31. The summed E-state index contributed by atoms with van der Waals surface area (Å²) in [5, 5.41) is 3.09. The van der Waals surface area contributed by atoms with Gasteiger partial charge in [-0.3, -0.25) is 9.69 Å². The second-order valence-electron chi connectivity index (χ2n) is 4.46. The van der Waals surface area contributed by atoms with E-state index in [1.165, 1.54) is 9.80 Å². The number of anilines is 1. The molecule has 19 heavy (non-hydrogen) atoms. The summed E-state index contributed by atoms with van der Waals surface area (Å²) in [6.07, 6.45) is 0. The number of rotatable bonds is 4. The molecule has 0 saturated carbocycles. The molecule has 1 aromatic heterocycles. The summed E-state index contributed by atoms with van der Waals surface area (Å²) in [6, 6.07) is 1.52.